The lowest BCUT2D eigenvalue weighted by Crippen LogP contribution is -2.14. The van der Waals surface area contributed by atoms with E-state index in [9.17, 15) is 4.79 Å². The van der Waals surface area contributed by atoms with Gasteiger partial charge in [-0.05, 0) is 30.5 Å². The van der Waals surface area contributed by atoms with Gasteiger partial charge < -0.3 is 4.98 Å². The third-order valence-electron chi connectivity index (χ3n) is 3.87. The predicted octanol–water partition coefficient (Wildman–Crippen LogP) is 3.67. The highest BCUT2D eigenvalue weighted by Gasteiger charge is 2.19. The van der Waals surface area contributed by atoms with Crippen molar-refractivity contribution in [3.63, 3.8) is 0 Å². The second kappa shape index (κ2) is 5.80. The lowest BCUT2D eigenvalue weighted by atomic mass is 10.0. The number of rotatable bonds is 3. The number of nitrogens with one attached hydrogen (secondary N) is 1. The van der Waals surface area contributed by atoms with Crippen LogP contribution in [0.15, 0.2) is 35.1 Å². The number of aromatic amines is 1. The first-order valence-corrected chi connectivity index (χ1v) is 7.43. The highest BCUT2D eigenvalue weighted by molar-refractivity contribution is 6.30. The van der Waals surface area contributed by atoms with E-state index in [4.69, 9.17) is 11.6 Å². The van der Waals surface area contributed by atoms with Crippen LogP contribution in [0.1, 0.15) is 48.7 Å². The fraction of sp³-hybridized carbons (Fsp3) is 0.375. The summed E-state index contributed by atoms with van der Waals surface area (Å²) in [5, 5.41) is 0.718. The van der Waals surface area contributed by atoms with E-state index in [1.54, 1.807) is 6.07 Å². The van der Waals surface area contributed by atoms with Crippen LogP contribution in [0.2, 0.25) is 5.02 Å². The third-order valence-corrected chi connectivity index (χ3v) is 4.12. The van der Waals surface area contributed by atoms with Crippen molar-refractivity contribution < 1.29 is 0 Å². The Kier molecular flexibility index (Phi) is 3.88. The van der Waals surface area contributed by atoms with Crippen molar-refractivity contribution in [1.82, 2.24) is 9.97 Å². The summed E-state index contributed by atoms with van der Waals surface area (Å²) < 4.78 is 0. The molecule has 104 valence electrons. The molecule has 0 amide bonds. The molecule has 20 heavy (non-hydrogen) atoms. The van der Waals surface area contributed by atoms with Crippen LogP contribution in [0.25, 0.3) is 0 Å². The number of H-pyrrole nitrogens is 1. The molecule has 1 heterocycles. The summed E-state index contributed by atoms with van der Waals surface area (Å²) in [6.45, 7) is 0. The van der Waals surface area contributed by atoms with E-state index < -0.39 is 0 Å². The van der Waals surface area contributed by atoms with E-state index in [1.807, 2.05) is 24.3 Å². The Morgan fingerprint density at radius 3 is 2.60 bits per heavy atom. The molecular weight excluding hydrogens is 272 g/mol. The topological polar surface area (TPSA) is 45.8 Å². The van der Waals surface area contributed by atoms with Gasteiger partial charge in [0.25, 0.3) is 5.56 Å². The summed E-state index contributed by atoms with van der Waals surface area (Å²) in [6.07, 6.45) is 5.41. The summed E-state index contributed by atoms with van der Waals surface area (Å²) in [4.78, 5) is 19.3. The van der Waals surface area contributed by atoms with Crippen LogP contribution >= 0.6 is 11.6 Å². The first-order chi connectivity index (χ1) is 9.70. The first-order valence-electron chi connectivity index (χ1n) is 7.05. The van der Waals surface area contributed by atoms with Gasteiger partial charge in [0.1, 0.15) is 5.82 Å². The Morgan fingerprint density at radius 2 is 1.90 bits per heavy atom. The van der Waals surface area contributed by atoms with Gasteiger partial charge in [0.15, 0.2) is 0 Å². The summed E-state index contributed by atoms with van der Waals surface area (Å²) in [5.41, 5.74) is 2.00. The number of halogens is 1. The lowest BCUT2D eigenvalue weighted by molar-refractivity contribution is 0.683. The van der Waals surface area contributed by atoms with Gasteiger partial charge in [0.05, 0.1) is 5.69 Å². The molecule has 1 aromatic carbocycles. The second-order valence-corrected chi connectivity index (χ2v) is 5.84. The third kappa shape index (κ3) is 3.10. The van der Waals surface area contributed by atoms with Gasteiger partial charge in [-0.1, -0.05) is 36.6 Å². The smallest absolute Gasteiger partial charge is 0.251 e. The van der Waals surface area contributed by atoms with Crippen LogP contribution < -0.4 is 5.56 Å². The van der Waals surface area contributed by atoms with Crippen molar-refractivity contribution in [3.8, 4) is 0 Å². The maximum absolute atomic E-state index is 11.8. The molecule has 0 unspecified atom stereocenters. The summed E-state index contributed by atoms with van der Waals surface area (Å²) in [7, 11) is 0. The maximum atomic E-state index is 11.8. The average Bonchev–Trinajstić information content (AvgIpc) is 2.95. The van der Waals surface area contributed by atoms with Gasteiger partial charge in [-0.3, -0.25) is 4.79 Å². The van der Waals surface area contributed by atoms with Crippen molar-refractivity contribution in [3.05, 3.63) is 62.8 Å². The summed E-state index contributed by atoms with van der Waals surface area (Å²) >= 11 is 5.88. The zero-order chi connectivity index (χ0) is 13.9. The minimum atomic E-state index is -0.0501. The van der Waals surface area contributed by atoms with E-state index in [1.165, 1.54) is 12.8 Å². The highest BCUT2D eigenvalue weighted by atomic mass is 35.5. The van der Waals surface area contributed by atoms with Crippen LogP contribution in [-0.4, -0.2) is 9.97 Å². The van der Waals surface area contributed by atoms with Crippen molar-refractivity contribution >= 4 is 11.6 Å². The van der Waals surface area contributed by atoms with E-state index in [-0.39, 0.29) is 5.56 Å². The Labute approximate surface area is 123 Å². The molecule has 0 bridgehead atoms. The summed E-state index contributed by atoms with van der Waals surface area (Å²) in [5.74, 6) is 1.20. The molecule has 1 N–H and O–H groups in total. The normalized spacial score (nSPS) is 15.7. The minimum absolute atomic E-state index is 0.0501. The molecule has 0 spiro atoms. The van der Waals surface area contributed by atoms with Gasteiger partial charge in [-0.25, -0.2) is 4.98 Å². The predicted molar refractivity (Wildman–Crippen MR) is 80.3 cm³/mol. The molecule has 1 aromatic heterocycles. The molecule has 0 aliphatic heterocycles. The Morgan fingerprint density at radius 1 is 1.20 bits per heavy atom. The number of hydrogen-bond acceptors (Lipinski definition) is 2. The summed E-state index contributed by atoms with van der Waals surface area (Å²) in [6, 6.07) is 9.29. The number of benzene rings is 1. The molecule has 4 heteroatoms. The number of nitrogens with zero attached hydrogens (tertiary/aromatic N) is 1. The number of aromatic nitrogens is 2. The van der Waals surface area contributed by atoms with Crippen LogP contribution in [0.5, 0.6) is 0 Å². The Hall–Kier alpha value is -1.61. The SMILES string of the molecule is O=c1cc(C2CCCC2)nc(Cc2ccc(Cl)cc2)[nH]1. The van der Waals surface area contributed by atoms with Crippen molar-refractivity contribution in [1.29, 1.82) is 0 Å². The molecule has 2 aromatic rings. The first kappa shape index (κ1) is 13.4. The van der Waals surface area contributed by atoms with Gasteiger partial charge in [0, 0.05) is 23.4 Å². The minimum Gasteiger partial charge on any atom is -0.310 e. The van der Waals surface area contributed by atoms with Gasteiger partial charge in [-0.2, -0.15) is 0 Å². The van der Waals surface area contributed by atoms with Crippen LogP contribution in [0.3, 0.4) is 0 Å². The maximum Gasteiger partial charge on any atom is 0.251 e. The van der Waals surface area contributed by atoms with Crippen molar-refractivity contribution in [2.45, 2.75) is 38.0 Å². The van der Waals surface area contributed by atoms with Crippen LogP contribution in [0.4, 0.5) is 0 Å². The van der Waals surface area contributed by atoms with E-state index in [0.717, 1.165) is 34.9 Å². The molecular formula is C16H17ClN2O. The average molecular weight is 289 g/mol. The van der Waals surface area contributed by atoms with Crippen molar-refractivity contribution in [2.24, 2.45) is 0 Å². The largest absolute Gasteiger partial charge is 0.310 e. The standard InChI is InChI=1S/C16H17ClN2O/c17-13-7-5-11(6-8-13)9-15-18-14(10-16(20)19-15)12-3-1-2-4-12/h5-8,10,12H,1-4,9H2,(H,18,19,20). The van der Waals surface area contributed by atoms with E-state index in [0.29, 0.717) is 12.3 Å². The molecule has 0 atom stereocenters. The van der Waals surface area contributed by atoms with Gasteiger partial charge in [-0.15, -0.1) is 0 Å². The molecule has 1 aliphatic rings. The molecule has 1 fully saturated rings. The molecule has 0 radical (unpaired) electrons. The highest BCUT2D eigenvalue weighted by Crippen LogP contribution is 2.32. The lowest BCUT2D eigenvalue weighted by Gasteiger charge is -2.09. The van der Waals surface area contributed by atoms with Crippen LogP contribution in [-0.2, 0) is 6.42 Å². The fourth-order valence-corrected chi connectivity index (χ4v) is 2.96. The molecule has 0 saturated heterocycles. The fourth-order valence-electron chi connectivity index (χ4n) is 2.84. The monoisotopic (exact) mass is 288 g/mol. The second-order valence-electron chi connectivity index (χ2n) is 5.40. The zero-order valence-corrected chi connectivity index (χ0v) is 12.0. The van der Waals surface area contributed by atoms with Crippen LogP contribution in [0, 0.1) is 0 Å². The molecule has 3 nitrogen and oxygen atoms in total. The van der Waals surface area contributed by atoms with Gasteiger partial charge >= 0.3 is 0 Å². The zero-order valence-electron chi connectivity index (χ0n) is 11.2. The quantitative estimate of drug-likeness (QED) is 0.936. The Bertz CT molecular complexity index is 642. The Balaban J connectivity index is 1.85. The van der Waals surface area contributed by atoms with Crippen molar-refractivity contribution in [2.75, 3.05) is 0 Å². The van der Waals surface area contributed by atoms with Gasteiger partial charge in [0.2, 0.25) is 0 Å². The molecule has 3 rings (SSSR count). The molecule has 1 aliphatic carbocycles. The number of hydrogen-bond donors (Lipinski definition) is 1. The van der Waals surface area contributed by atoms with E-state index in [2.05, 4.69) is 9.97 Å². The van der Waals surface area contributed by atoms with E-state index >= 15 is 0 Å². The molecule has 1 saturated carbocycles.